The first-order valence-corrected chi connectivity index (χ1v) is 4.36. The molecule has 0 unspecified atom stereocenters. The van der Waals surface area contributed by atoms with Gasteiger partial charge in [0.1, 0.15) is 0 Å². The van der Waals surface area contributed by atoms with Gasteiger partial charge in [-0.15, -0.1) is 0 Å². The summed E-state index contributed by atoms with van der Waals surface area (Å²) in [6.07, 6.45) is 3.55. The Kier molecular flexibility index (Phi) is 3.40. The van der Waals surface area contributed by atoms with E-state index in [4.69, 9.17) is 0 Å². The number of pyridine rings is 1. The number of aromatic nitrogens is 1. The minimum Gasteiger partial charge on any atom is -0.465 e. The second kappa shape index (κ2) is 4.56. The molecule has 0 saturated carbocycles. The van der Waals surface area contributed by atoms with Crippen LogP contribution in [0.25, 0.3) is 5.57 Å². The normalized spacial score (nSPS) is 11.2. The van der Waals surface area contributed by atoms with Gasteiger partial charge in [0.2, 0.25) is 0 Å². The lowest BCUT2D eigenvalue weighted by molar-refractivity contribution is 0.0600. The number of rotatable bonds is 2. The first kappa shape index (κ1) is 10.4. The quantitative estimate of drug-likeness (QED) is 0.673. The lowest BCUT2D eigenvalue weighted by atomic mass is 10.1. The molecule has 0 amide bonds. The van der Waals surface area contributed by atoms with Crippen molar-refractivity contribution in [3.63, 3.8) is 0 Å². The molecule has 1 heterocycles. The molecule has 1 rings (SSSR count). The van der Waals surface area contributed by atoms with Crippen molar-refractivity contribution in [1.29, 1.82) is 0 Å². The summed E-state index contributed by atoms with van der Waals surface area (Å²) in [4.78, 5) is 15.4. The van der Waals surface area contributed by atoms with Gasteiger partial charge in [0.15, 0.2) is 0 Å². The number of carbonyl (C=O) groups excluding carboxylic acids is 1. The SMILES string of the molecule is C/C=C(\C)c1cc(C(=O)OC)ccn1. The molecule has 0 spiro atoms. The van der Waals surface area contributed by atoms with E-state index in [1.54, 1.807) is 18.3 Å². The molecular weight excluding hydrogens is 178 g/mol. The number of methoxy groups -OCH3 is 1. The van der Waals surface area contributed by atoms with Crippen molar-refractivity contribution in [3.05, 3.63) is 35.7 Å². The van der Waals surface area contributed by atoms with Gasteiger partial charge in [-0.05, 0) is 31.6 Å². The largest absolute Gasteiger partial charge is 0.465 e. The number of carbonyl (C=O) groups is 1. The molecule has 3 nitrogen and oxygen atoms in total. The molecule has 0 aromatic carbocycles. The van der Waals surface area contributed by atoms with Crippen molar-refractivity contribution in [2.24, 2.45) is 0 Å². The van der Waals surface area contributed by atoms with Crippen LogP contribution in [0.2, 0.25) is 0 Å². The van der Waals surface area contributed by atoms with Crippen LogP contribution in [0.15, 0.2) is 24.4 Å². The van der Waals surface area contributed by atoms with Crippen molar-refractivity contribution in [3.8, 4) is 0 Å². The topological polar surface area (TPSA) is 39.2 Å². The van der Waals surface area contributed by atoms with Crippen LogP contribution in [0.1, 0.15) is 29.9 Å². The van der Waals surface area contributed by atoms with E-state index in [9.17, 15) is 4.79 Å². The Morgan fingerprint density at radius 3 is 2.86 bits per heavy atom. The molecule has 1 aromatic heterocycles. The van der Waals surface area contributed by atoms with Crippen LogP contribution < -0.4 is 0 Å². The van der Waals surface area contributed by atoms with Gasteiger partial charge in [-0.3, -0.25) is 4.98 Å². The maximum Gasteiger partial charge on any atom is 0.337 e. The fraction of sp³-hybridized carbons (Fsp3) is 0.273. The molecule has 0 aliphatic carbocycles. The summed E-state index contributed by atoms with van der Waals surface area (Å²) in [5.74, 6) is -0.336. The van der Waals surface area contributed by atoms with Crippen molar-refractivity contribution in [2.75, 3.05) is 7.11 Å². The lowest BCUT2D eigenvalue weighted by Crippen LogP contribution is -2.02. The number of nitrogens with zero attached hydrogens (tertiary/aromatic N) is 1. The lowest BCUT2D eigenvalue weighted by Gasteiger charge is -2.02. The molecule has 0 aliphatic heterocycles. The predicted octanol–water partition coefficient (Wildman–Crippen LogP) is 2.29. The van der Waals surface area contributed by atoms with Gasteiger partial charge in [-0.2, -0.15) is 0 Å². The van der Waals surface area contributed by atoms with E-state index in [0.717, 1.165) is 11.3 Å². The zero-order valence-electron chi connectivity index (χ0n) is 8.57. The number of ether oxygens (including phenoxy) is 1. The Morgan fingerprint density at radius 2 is 2.29 bits per heavy atom. The summed E-state index contributed by atoms with van der Waals surface area (Å²) < 4.78 is 4.62. The summed E-state index contributed by atoms with van der Waals surface area (Å²) in [6, 6.07) is 3.36. The molecule has 0 atom stereocenters. The Hall–Kier alpha value is -1.64. The van der Waals surface area contributed by atoms with E-state index in [1.807, 2.05) is 19.9 Å². The molecule has 74 valence electrons. The predicted molar refractivity (Wildman–Crippen MR) is 54.9 cm³/mol. The van der Waals surface area contributed by atoms with Crippen molar-refractivity contribution in [2.45, 2.75) is 13.8 Å². The van der Waals surface area contributed by atoms with Gasteiger partial charge in [0.25, 0.3) is 0 Å². The molecule has 0 saturated heterocycles. The highest BCUT2D eigenvalue weighted by atomic mass is 16.5. The molecular formula is C11H13NO2. The number of hydrogen-bond donors (Lipinski definition) is 0. The van der Waals surface area contributed by atoms with E-state index in [-0.39, 0.29) is 5.97 Å². The van der Waals surface area contributed by atoms with Crippen LogP contribution >= 0.6 is 0 Å². The van der Waals surface area contributed by atoms with E-state index >= 15 is 0 Å². The molecule has 1 aromatic rings. The minimum absolute atomic E-state index is 0.336. The van der Waals surface area contributed by atoms with Gasteiger partial charge < -0.3 is 4.74 Å². The van der Waals surface area contributed by atoms with Gasteiger partial charge >= 0.3 is 5.97 Å². The first-order chi connectivity index (χ1) is 6.69. The Labute approximate surface area is 83.4 Å². The van der Waals surface area contributed by atoms with Crippen molar-refractivity contribution >= 4 is 11.5 Å². The molecule has 14 heavy (non-hydrogen) atoms. The van der Waals surface area contributed by atoms with E-state index in [2.05, 4.69) is 9.72 Å². The van der Waals surface area contributed by atoms with Crippen LogP contribution in [0.5, 0.6) is 0 Å². The fourth-order valence-corrected chi connectivity index (χ4v) is 1.04. The monoisotopic (exact) mass is 191 g/mol. The molecule has 3 heteroatoms. The molecule has 0 fully saturated rings. The standard InChI is InChI=1S/C11H13NO2/c1-4-8(2)10-7-9(5-6-12-10)11(13)14-3/h4-7H,1-3H3/b8-4+. The number of allylic oxidation sites excluding steroid dienone is 2. The Morgan fingerprint density at radius 1 is 1.57 bits per heavy atom. The number of hydrogen-bond acceptors (Lipinski definition) is 3. The maximum atomic E-state index is 11.2. The highest BCUT2D eigenvalue weighted by Gasteiger charge is 2.06. The third-order valence-corrected chi connectivity index (χ3v) is 2.02. The summed E-state index contributed by atoms with van der Waals surface area (Å²) in [5.41, 5.74) is 2.37. The van der Waals surface area contributed by atoms with E-state index < -0.39 is 0 Å². The Bertz CT molecular complexity index is 369. The zero-order chi connectivity index (χ0) is 10.6. The van der Waals surface area contributed by atoms with E-state index in [0.29, 0.717) is 5.56 Å². The number of esters is 1. The van der Waals surface area contributed by atoms with Gasteiger partial charge in [0.05, 0.1) is 18.4 Å². The highest BCUT2D eigenvalue weighted by molar-refractivity contribution is 5.90. The Balaban J connectivity index is 3.07. The summed E-state index contributed by atoms with van der Waals surface area (Å²) >= 11 is 0. The van der Waals surface area contributed by atoms with E-state index in [1.165, 1.54) is 7.11 Å². The molecule has 0 radical (unpaired) electrons. The molecule has 0 N–H and O–H groups in total. The second-order valence-corrected chi connectivity index (χ2v) is 2.89. The van der Waals surface area contributed by atoms with Crippen LogP contribution in [0.3, 0.4) is 0 Å². The first-order valence-electron chi connectivity index (χ1n) is 4.36. The molecule has 0 bridgehead atoms. The second-order valence-electron chi connectivity index (χ2n) is 2.89. The van der Waals surface area contributed by atoms with Crippen LogP contribution in [0.4, 0.5) is 0 Å². The maximum absolute atomic E-state index is 11.2. The van der Waals surface area contributed by atoms with Crippen LogP contribution in [-0.2, 0) is 4.74 Å². The fourth-order valence-electron chi connectivity index (χ4n) is 1.04. The summed E-state index contributed by atoms with van der Waals surface area (Å²) in [6.45, 7) is 3.88. The third kappa shape index (κ3) is 2.19. The average Bonchev–Trinajstić information content (AvgIpc) is 2.27. The summed E-state index contributed by atoms with van der Waals surface area (Å²) in [5, 5.41) is 0. The summed E-state index contributed by atoms with van der Waals surface area (Å²) in [7, 11) is 1.37. The van der Waals surface area contributed by atoms with Crippen LogP contribution in [0, 0.1) is 0 Å². The average molecular weight is 191 g/mol. The van der Waals surface area contributed by atoms with Crippen molar-refractivity contribution in [1.82, 2.24) is 4.98 Å². The third-order valence-electron chi connectivity index (χ3n) is 2.02. The van der Waals surface area contributed by atoms with Crippen LogP contribution in [-0.4, -0.2) is 18.1 Å². The highest BCUT2D eigenvalue weighted by Crippen LogP contribution is 2.12. The minimum atomic E-state index is -0.336. The zero-order valence-corrected chi connectivity index (χ0v) is 8.57. The van der Waals surface area contributed by atoms with Gasteiger partial charge in [-0.1, -0.05) is 6.08 Å². The van der Waals surface area contributed by atoms with Gasteiger partial charge in [0, 0.05) is 6.20 Å². The van der Waals surface area contributed by atoms with Crippen molar-refractivity contribution < 1.29 is 9.53 Å². The van der Waals surface area contributed by atoms with Gasteiger partial charge in [-0.25, -0.2) is 4.79 Å². The smallest absolute Gasteiger partial charge is 0.337 e. The molecule has 0 aliphatic rings.